The summed E-state index contributed by atoms with van der Waals surface area (Å²) in [5, 5.41) is 3.85. The fourth-order valence-corrected chi connectivity index (χ4v) is 2.66. The van der Waals surface area contributed by atoms with Crippen LogP contribution in [-0.4, -0.2) is 17.6 Å². The Bertz CT molecular complexity index is 463. The van der Waals surface area contributed by atoms with Crippen LogP contribution in [0, 0.1) is 0 Å². The predicted molar refractivity (Wildman–Crippen MR) is 83.1 cm³/mol. The molecule has 6 heteroatoms. The van der Waals surface area contributed by atoms with Gasteiger partial charge < -0.3 is 10.1 Å². The van der Waals surface area contributed by atoms with Crippen LogP contribution >= 0.6 is 39.1 Å². The van der Waals surface area contributed by atoms with Gasteiger partial charge in [-0.25, -0.2) is 4.79 Å². The van der Waals surface area contributed by atoms with Gasteiger partial charge in [-0.2, -0.15) is 0 Å². The van der Waals surface area contributed by atoms with Crippen molar-refractivity contribution in [3.63, 3.8) is 0 Å². The highest BCUT2D eigenvalue weighted by Gasteiger charge is 2.22. The number of halogens is 3. The summed E-state index contributed by atoms with van der Waals surface area (Å²) in [6, 6.07) is 2.87. The first-order chi connectivity index (χ1) is 8.60. The fraction of sp³-hybridized carbons (Fsp3) is 0.462. The Balaban J connectivity index is 2.83. The Hall–Kier alpha value is -0.450. The Morgan fingerprint density at radius 3 is 2.21 bits per heavy atom. The van der Waals surface area contributed by atoms with Gasteiger partial charge in [0.05, 0.1) is 15.7 Å². The zero-order chi connectivity index (χ0) is 14.8. The minimum Gasteiger partial charge on any atom is -0.458 e. The van der Waals surface area contributed by atoms with Crippen molar-refractivity contribution in [1.29, 1.82) is 0 Å². The maximum atomic E-state index is 11.9. The van der Waals surface area contributed by atoms with E-state index in [4.69, 9.17) is 27.9 Å². The van der Waals surface area contributed by atoms with E-state index >= 15 is 0 Å². The van der Waals surface area contributed by atoms with Crippen molar-refractivity contribution < 1.29 is 9.53 Å². The summed E-state index contributed by atoms with van der Waals surface area (Å²) in [7, 11) is 0. The van der Waals surface area contributed by atoms with E-state index in [1.165, 1.54) is 0 Å². The van der Waals surface area contributed by atoms with Crippen molar-refractivity contribution in [2.45, 2.75) is 39.3 Å². The second kappa shape index (κ2) is 6.33. The van der Waals surface area contributed by atoms with Gasteiger partial charge in [-0.3, -0.25) is 0 Å². The molecule has 0 bridgehead atoms. The molecule has 0 aliphatic heterocycles. The van der Waals surface area contributed by atoms with Gasteiger partial charge in [-0.1, -0.05) is 39.1 Å². The molecule has 0 spiro atoms. The minimum atomic E-state index is -0.546. The maximum Gasteiger partial charge on any atom is 0.328 e. The molecule has 0 fully saturated rings. The van der Waals surface area contributed by atoms with Crippen molar-refractivity contribution >= 4 is 50.8 Å². The van der Waals surface area contributed by atoms with E-state index < -0.39 is 11.6 Å². The third-order valence-corrected chi connectivity index (χ3v) is 3.18. The number of esters is 1. The molecule has 0 saturated heterocycles. The molecule has 19 heavy (non-hydrogen) atoms. The maximum absolute atomic E-state index is 11.9. The molecule has 1 atom stereocenters. The van der Waals surface area contributed by atoms with E-state index in [1.54, 1.807) is 19.1 Å². The first-order valence-corrected chi connectivity index (χ1v) is 7.29. The van der Waals surface area contributed by atoms with Crippen LogP contribution < -0.4 is 5.32 Å². The van der Waals surface area contributed by atoms with E-state index in [0.29, 0.717) is 15.7 Å². The molecule has 1 N–H and O–H groups in total. The molecular formula is C13H16BrCl2NO2. The normalized spacial score (nSPS) is 13.0. The Kier molecular flexibility index (Phi) is 5.53. The van der Waals surface area contributed by atoms with Gasteiger partial charge in [-0.15, -0.1) is 0 Å². The molecule has 1 aromatic rings. The monoisotopic (exact) mass is 367 g/mol. The SMILES string of the molecule is CC(Nc1c(Cl)cc(Br)cc1Cl)C(=O)OC(C)(C)C. The molecule has 0 heterocycles. The molecule has 106 valence electrons. The molecule has 0 aliphatic rings. The molecular weight excluding hydrogens is 353 g/mol. The first-order valence-electron chi connectivity index (χ1n) is 5.74. The van der Waals surface area contributed by atoms with Crippen LogP contribution in [0.3, 0.4) is 0 Å². The molecule has 0 saturated carbocycles. The Morgan fingerprint density at radius 2 is 1.79 bits per heavy atom. The number of benzene rings is 1. The lowest BCUT2D eigenvalue weighted by Gasteiger charge is -2.23. The second-order valence-electron chi connectivity index (χ2n) is 5.14. The van der Waals surface area contributed by atoms with Gasteiger partial charge >= 0.3 is 5.97 Å². The number of carbonyl (C=O) groups excluding carboxylic acids is 1. The van der Waals surface area contributed by atoms with Crippen LogP contribution in [0.5, 0.6) is 0 Å². The molecule has 0 aromatic heterocycles. The zero-order valence-corrected chi connectivity index (χ0v) is 14.3. The van der Waals surface area contributed by atoms with Crippen molar-refractivity contribution in [3.8, 4) is 0 Å². The van der Waals surface area contributed by atoms with E-state index in [-0.39, 0.29) is 5.97 Å². The molecule has 0 amide bonds. The van der Waals surface area contributed by atoms with E-state index in [1.807, 2.05) is 20.8 Å². The molecule has 1 unspecified atom stereocenters. The summed E-state index contributed by atoms with van der Waals surface area (Å²) in [5.74, 6) is -0.359. The third-order valence-electron chi connectivity index (χ3n) is 2.13. The van der Waals surface area contributed by atoms with Gasteiger partial charge in [0.2, 0.25) is 0 Å². The summed E-state index contributed by atoms with van der Waals surface area (Å²) in [5.41, 5.74) is -0.00903. The van der Waals surface area contributed by atoms with Crippen molar-refractivity contribution in [2.24, 2.45) is 0 Å². The molecule has 0 radical (unpaired) electrons. The number of anilines is 1. The Labute approximate surface area is 131 Å². The Morgan fingerprint density at radius 1 is 1.32 bits per heavy atom. The molecule has 1 rings (SSSR count). The summed E-state index contributed by atoms with van der Waals surface area (Å²) >= 11 is 15.5. The number of nitrogens with one attached hydrogen (secondary N) is 1. The number of hydrogen-bond donors (Lipinski definition) is 1. The third kappa shape index (κ3) is 5.21. The van der Waals surface area contributed by atoms with Crippen LogP contribution in [0.15, 0.2) is 16.6 Å². The van der Waals surface area contributed by atoms with Gasteiger partial charge in [0.1, 0.15) is 11.6 Å². The number of rotatable bonds is 3. The molecule has 3 nitrogen and oxygen atoms in total. The first kappa shape index (κ1) is 16.6. The highest BCUT2D eigenvalue weighted by Crippen LogP contribution is 2.34. The second-order valence-corrected chi connectivity index (χ2v) is 6.87. The average molecular weight is 369 g/mol. The largest absolute Gasteiger partial charge is 0.458 e. The van der Waals surface area contributed by atoms with Crippen LogP contribution in [0.4, 0.5) is 5.69 Å². The van der Waals surface area contributed by atoms with Gasteiger partial charge in [0.25, 0.3) is 0 Å². The molecule has 1 aromatic carbocycles. The quantitative estimate of drug-likeness (QED) is 0.771. The van der Waals surface area contributed by atoms with Crippen LogP contribution in [-0.2, 0) is 9.53 Å². The number of hydrogen-bond acceptors (Lipinski definition) is 3. The minimum absolute atomic E-state index is 0.359. The van der Waals surface area contributed by atoms with Crippen molar-refractivity contribution in [3.05, 3.63) is 26.7 Å². The summed E-state index contributed by atoms with van der Waals surface area (Å²) < 4.78 is 6.05. The van der Waals surface area contributed by atoms with Gasteiger partial charge in [0, 0.05) is 4.47 Å². The van der Waals surface area contributed by atoms with E-state index in [2.05, 4.69) is 21.2 Å². The lowest BCUT2D eigenvalue weighted by atomic mass is 10.2. The summed E-state index contributed by atoms with van der Waals surface area (Å²) in [6.45, 7) is 7.15. The lowest BCUT2D eigenvalue weighted by Crippen LogP contribution is -2.34. The lowest BCUT2D eigenvalue weighted by molar-refractivity contribution is -0.155. The van der Waals surface area contributed by atoms with Crippen LogP contribution in [0.1, 0.15) is 27.7 Å². The zero-order valence-electron chi connectivity index (χ0n) is 11.2. The summed E-state index contributed by atoms with van der Waals surface area (Å²) in [4.78, 5) is 11.9. The number of carbonyl (C=O) groups is 1. The standard InChI is InChI=1S/C13H16BrCl2NO2/c1-7(12(18)19-13(2,3)4)17-11-9(15)5-8(14)6-10(11)16/h5-7,17H,1-4H3. The van der Waals surface area contributed by atoms with E-state index in [0.717, 1.165) is 4.47 Å². The fourth-order valence-electron chi connectivity index (χ4n) is 1.35. The van der Waals surface area contributed by atoms with Crippen LogP contribution in [0.25, 0.3) is 0 Å². The summed E-state index contributed by atoms with van der Waals surface area (Å²) in [6.07, 6.45) is 0. The average Bonchev–Trinajstić information content (AvgIpc) is 2.20. The van der Waals surface area contributed by atoms with Crippen molar-refractivity contribution in [1.82, 2.24) is 0 Å². The highest BCUT2D eigenvalue weighted by molar-refractivity contribution is 9.10. The van der Waals surface area contributed by atoms with Crippen molar-refractivity contribution in [2.75, 3.05) is 5.32 Å². The van der Waals surface area contributed by atoms with Crippen LogP contribution in [0.2, 0.25) is 10.0 Å². The smallest absolute Gasteiger partial charge is 0.328 e. The highest BCUT2D eigenvalue weighted by atomic mass is 79.9. The van der Waals surface area contributed by atoms with Gasteiger partial charge in [0.15, 0.2) is 0 Å². The van der Waals surface area contributed by atoms with E-state index in [9.17, 15) is 4.79 Å². The molecule has 0 aliphatic carbocycles. The number of ether oxygens (including phenoxy) is 1. The van der Waals surface area contributed by atoms with Gasteiger partial charge in [-0.05, 0) is 39.8 Å². The topological polar surface area (TPSA) is 38.3 Å². The predicted octanol–water partition coefficient (Wildman–Crippen LogP) is 4.90.